The van der Waals surface area contributed by atoms with Crippen LogP contribution in [-0.4, -0.2) is 31.1 Å². The zero-order valence-corrected chi connectivity index (χ0v) is 19.4. The zero-order chi connectivity index (χ0) is 22.5. The van der Waals surface area contributed by atoms with Gasteiger partial charge in [-0.1, -0.05) is 24.3 Å². The van der Waals surface area contributed by atoms with Crippen molar-refractivity contribution in [1.82, 2.24) is 5.32 Å². The second-order valence-corrected chi connectivity index (χ2v) is 7.90. The molecular weight excluding hydrogens is 535 g/mol. The second kappa shape index (κ2) is 9.97. The van der Waals surface area contributed by atoms with Gasteiger partial charge in [0.2, 0.25) is 0 Å². The van der Waals surface area contributed by atoms with Crippen molar-refractivity contribution in [2.24, 2.45) is 0 Å². The molecule has 31 heavy (non-hydrogen) atoms. The van der Waals surface area contributed by atoms with Gasteiger partial charge in [0.05, 0.1) is 15.9 Å². The molecule has 1 aliphatic rings. The number of benzene rings is 2. The topological polar surface area (TPSA) is 84.9 Å². The number of hydrogen-bond donors (Lipinski definition) is 1. The van der Waals surface area contributed by atoms with E-state index in [2.05, 4.69) is 34.5 Å². The maximum absolute atomic E-state index is 13.0. The van der Waals surface area contributed by atoms with E-state index in [1.54, 1.807) is 30.3 Å². The average Bonchev–Trinajstić information content (AvgIpc) is 2.72. The normalized spacial score (nSPS) is 15.1. The lowest BCUT2D eigenvalue weighted by Crippen LogP contribution is -2.54. The first-order valence-corrected chi connectivity index (χ1v) is 10.7. The minimum absolute atomic E-state index is 0.187. The van der Waals surface area contributed by atoms with Crippen LogP contribution in [-0.2, 0) is 9.59 Å². The van der Waals surface area contributed by atoms with Crippen molar-refractivity contribution in [3.05, 3.63) is 68.8 Å². The Labute approximate surface area is 197 Å². The molecule has 0 spiro atoms. The highest BCUT2D eigenvalue weighted by atomic mass is 127. The van der Waals surface area contributed by atoms with E-state index >= 15 is 0 Å². The van der Waals surface area contributed by atoms with Crippen LogP contribution in [0.1, 0.15) is 12.5 Å². The van der Waals surface area contributed by atoms with Gasteiger partial charge in [-0.05, 0) is 77.6 Å². The van der Waals surface area contributed by atoms with Gasteiger partial charge >= 0.3 is 6.03 Å². The zero-order valence-electron chi connectivity index (χ0n) is 16.5. The lowest BCUT2D eigenvalue weighted by atomic mass is 10.1. The highest BCUT2D eigenvalue weighted by Gasteiger charge is 2.36. The third kappa shape index (κ3) is 5.08. The van der Waals surface area contributed by atoms with E-state index in [0.29, 0.717) is 41.0 Å². The summed E-state index contributed by atoms with van der Waals surface area (Å²) in [7, 11) is 0. The third-order valence-electron chi connectivity index (χ3n) is 4.17. The van der Waals surface area contributed by atoms with Crippen LogP contribution in [0.2, 0.25) is 5.02 Å². The Hall–Kier alpha value is -2.85. The molecule has 7 nitrogen and oxygen atoms in total. The number of imide groups is 2. The van der Waals surface area contributed by atoms with E-state index in [1.165, 1.54) is 18.2 Å². The summed E-state index contributed by atoms with van der Waals surface area (Å²) in [6, 6.07) is 8.74. The Morgan fingerprint density at radius 2 is 1.87 bits per heavy atom. The van der Waals surface area contributed by atoms with Crippen LogP contribution in [0.15, 0.2) is 54.6 Å². The van der Waals surface area contributed by atoms with Gasteiger partial charge in [0, 0.05) is 5.02 Å². The molecule has 4 amide bonds. The van der Waals surface area contributed by atoms with Crippen LogP contribution in [0.5, 0.6) is 11.5 Å². The van der Waals surface area contributed by atoms with Crippen molar-refractivity contribution in [3.63, 3.8) is 0 Å². The maximum atomic E-state index is 13.0. The monoisotopic (exact) mass is 552 g/mol. The molecule has 9 heteroatoms. The molecule has 160 valence electrons. The van der Waals surface area contributed by atoms with Gasteiger partial charge in [-0.25, -0.2) is 9.69 Å². The minimum atomic E-state index is -0.827. The van der Waals surface area contributed by atoms with Crippen molar-refractivity contribution in [2.45, 2.75) is 6.92 Å². The summed E-state index contributed by atoms with van der Waals surface area (Å²) in [5, 5.41) is 2.65. The largest absolute Gasteiger partial charge is 0.490 e. The van der Waals surface area contributed by atoms with E-state index < -0.39 is 17.8 Å². The molecule has 2 aromatic rings. The molecule has 0 saturated carbocycles. The van der Waals surface area contributed by atoms with Gasteiger partial charge in [0.15, 0.2) is 11.5 Å². The number of barbiturate groups is 1. The number of halogens is 2. The molecule has 1 saturated heterocycles. The average molecular weight is 553 g/mol. The number of anilines is 1. The number of ether oxygens (including phenoxy) is 2. The molecule has 0 bridgehead atoms. The molecule has 0 atom stereocenters. The standard InChI is InChI=1S/C22H18ClIN2O5/c1-3-9-31-19-17(24)11-13(12-18(19)30-4-2)10-16-20(27)25-22(29)26(21(16)28)15-7-5-14(23)6-8-15/h3,5-8,10-12H,1,4,9H2,2H3,(H,25,27,29)/b16-10+. The highest BCUT2D eigenvalue weighted by Crippen LogP contribution is 2.35. The summed E-state index contributed by atoms with van der Waals surface area (Å²) in [6.45, 7) is 6.18. The Kier molecular flexibility index (Phi) is 7.34. The van der Waals surface area contributed by atoms with Crippen molar-refractivity contribution >= 4 is 63.8 Å². The Balaban J connectivity index is 2.01. The summed E-state index contributed by atoms with van der Waals surface area (Å²) in [5.74, 6) is -0.504. The first-order chi connectivity index (χ1) is 14.8. The molecule has 0 radical (unpaired) electrons. The first kappa shape index (κ1) is 22.8. The number of hydrogen-bond acceptors (Lipinski definition) is 5. The molecule has 2 aromatic carbocycles. The lowest BCUT2D eigenvalue weighted by Gasteiger charge is -2.26. The summed E-state index contributed by atoms with van der Waals surface area (Å²) >= 11 is 7.97. The number of carbonyl (C=O) groups is 3. The van der Waals surface area contributed by atoms with Crippen molar-refractivity contribution in [2.75, 3.05) is 18.1 Å². The van der Waals surface area contributed by atoms with Crippen molar-refractivity contribution in [3.8, 4) is 11.5 Å². The number of urea groups is 1. The number of amides is 4. The fourth-order valence-electron chi connectivity index (χ4n) is 2.87. The Bertz CT molecular complexity index is 1080. The number of nitrogens with zero attached hydrogens (tertiary/aromatic N) is 1. The summed E-state index contributed by atoms with van der Waals surface area (Å²) in [4.78, 5) is 38.6. The quantitative estimate of drug-likeness (QED) is 0.235. The van der Waals surface area contributed by atoms with Crippen molar-refractivity contribution < 1.29 is 23.9 Å². The molecule has 3 rings (SSSR count). The van der Waals surface area contributed by atoms with E-state index in [4.69, 9.17) is 21.1 Å². The van der Waals surface area contributed by atoms with E-state index in [9.17, 15) is 14.4 Å². The Morgan fingerprint density at radius 1 is 1.16 bits per heavy atom. The van der Waals surface area contributed by atoms with Crippen LogP contribution < -0.4 is 19.7 Å². The smallest absolute Gasteiger partial charge is 0.335 e. The maximum Gasteiger partial charge on any atom is 0.335 e. The summed E-state index contributed by atoms with van der Waals surface area (Å²) in [5.41, 5.74) is 0.651. The Morgan fingerprint density at radius 3 is 2.52 bits per heavy atom. The fraction of sp³-hybridized carbons (Fsp3) is 0.136. The lowest BCUT2D eigenvalue weighted by molar-refractivity contribution is -0.122. The van der Waals surface area contributed by atoms with Crippen LogP contribution in [0.4, 0.5) is 10.5 Å². The van der Waals surface area contributed by atoms with Crippen LogP contribution in [0.3, 0.4) is 0 Å². The van der Waals surface area contributed by atoms with E-state index in [1.807, 2.05) is 6.92 Å². The molecule has 1 N–H and O–H groups in total. The minimum Gasteiger partial charge on any atom is -0.490 e. The number of carbonyl (C=O) groups excluding carboxylic acids is 3. The van der Waals surface area contributed by atoms with E-state index in [-0.39, 0.29) is 5.57 Å². The second-order valence-electron chi connectivity index (χ2n) is 6.30. The first-order valence-electron chi connectivity index (χ1n) is 9.22. The van der Waals surface area contributed by atoms with E-state index in [0.717, 1.165) is 8.47 Å². The molecular formula is C22H18ClIN2O5. The van der Waals surface area contributed by atoms with Gasteiger partial charge in [-0.15, -0.1) is 0 Å². The predicted molar refractivity (Wildman–Crippen MR) is 126 cm³/mol. The highest BCUT2D eigenvalue weighted by molar-refractivity contribution is 14.1. The van der Waals surface area contributed by atoms with Crippen LogP contribution >= 0.6 is 34.2 Å². The molecule has 0 aromatic heterocycles. The summed E-state index contributed by atoms with van der Waals surface area (Å²) < 4.78 is 12.1. The van der Waals surface area contributed by atoms with Crippen LogP contribution in [0.25, 0.3) is 6.08 Å². The molecule has 1 fully saturated rings. The summed E-state index contributed by atoms with van der Waals surface area (Å²) in [6.07, 6.45) is 3.03. The molecule has 1 aliphatic heterocycles. The molecule has 1 heterocycles. The molecule has 0 aliphatic carbocycles. The molecule has 0 unspecified atom stereocenters. The van der Waals surface area contributed by atoms with Gasteiger partial charge in [0.25, 0.3) is 11.8 Å². The SMILES string of the molecule is C=CCOc1c(I)cc(/C=C2\C(=O)NC(=O)N(c3ccc(Cl)cc3)C2=O)cc1OCC. The third-order valence-corrected chi connectivity index (χ3v) is 5.23. The predicted octanol–water partition coefficient (Wildman–Crippen LogP) is 4.57. The van der Waals surface area contributed by atoms with Gasteiger partial charge in [-0.3, -0.25) is 14.9 Å². The van der Waals surface area contributed by atoms with Gasteiger partial charge < -0.3 is 9.47 Å². The number of nitrogens with one attached hydrogen (secondary N) is 1. The fourth-order valence-corrected chi connectivity index (χ4v) is 3.77. The van der Waals surface area contributed by atoms with Crippen molar-refractivity contribution in [1.29, 1.82) is 0 Å². The number of rotatable bonds is 7. The van der Waals surface area contributed by atoms with Gasteiger partial charge in [-0.2, -0.15) is 0 Å². The van der Waals surface area contributed by atoms with Crippen LogP contribution in [0, 0.1) is 3.57 Å². The van der Waals surface area contributed by atoms with Gasteiger partial charge in [0.1, 0.15) is 12.2 Å².